The van der Waals surface area contributed by atoms with Crippen LogP contribution < -0.4 is 18.9 Å². The monoisotopic (exact) mass is 1000 g/mol. The summed E-state index contributed by atoms with van der Waals surface area (Å²) >= 11 is 12.9. The molecule has 0 aliphatic carbocycles. The number of ether oxygens (including phenoxy) is 4. The fourth-order valence-electron chi connectivity index (χ4n) is 8.22. The zero-order valence-corrected chi connectivity index (χ0v) is 42.4. The Balaban J connectivity index is 0.864. The van der Waals surface area contributed by atoms with Crippen molar-refractivity contribution in [2.75, 3.05) is 0 Å². The Labute approximate surface area is 433 Å². The molecule has 10 heteroatoms. The third kappa shape index (κ3) is 15.5. The summed E-state index contributed by atoms with van der Waals surface area (Å²) in [5.41, 5.74) is 7.58. The molecule has 0 saturated carbocycles. The maximum absolute atomic E-state index is 13.2. The van der Waals surface area contributed by atoms with Crippen molar-refractivity contribution in [3.8, 4) is 45.3 Å². The first kappa shape index (κ1) is 52.8. The van der Waals surface area contributed by atoms with Crippen LogP contribution in [-0.4, -0.2) is 23.9 Å². The lowest BCUT2D eigenvalue weighted by Gasteiger charge is -2.11. The summed E-state index contributed by atoms with van der Waals surface area (Å²) in [6, 6.07) is 45.7. The molecule has 7 rings (SSSR count). The molecule has 0 fully saturated rings. The van der Waals surface area contributed by atoms with Crippen LogP contribution >= 0.6 is 23.2 Å². The summed E-state index contributed by atoms with van der Waals surface area (Å²) in [6.07, 6.45) is 17.4. The Morgan fingerprint density at radius 3 is 1.03 bits per heavy atom. The Morgan fingerprint density at radius 1 is 0.347 bits per heavy atom. The maximum Gasteiger partial charge on any atom is 0.343 e. The fourth-order valence-corrected chi connectivity index (χ4v) is 8.65. The summed E-state index contributed by atoms with van der Waals surface area (Å²) in [6.45, 7) is 4.46. The number of hydrogen-bond acceptors (Lipinski definition) is 8. The lowest BCUT2D eigenvalue weighted by Crippen LogP contribution is -2.12. The fraction of sp³-hybridized carbons (Fsp3) is 0.258. The molecule has 0 aliphatic heterocycles. The number of esters is 4. The number of rotatable bonds is 24. The lowest BCUT2D eigenvalue weighted by atomic mass is 10.00. The molecule has 0 saturated heterocycles. The van der Waals surface area contributed by atoms with Gasteiger partial charge in [-0.2, -0.15) is 0 Å². The van der Waals surface area contributed by atoms with Crippen molar-refractivity contribution in [2.45, 2.75) is 104 Å². The third-order valence-electron chi connectivity index (χ3n) is 12.4. The first-order valence-corrected chi connectivity index (χ1v) is 25.8. The molecule has 0 unspecified atom stereocenters. The van der Waals surface area contributed by atoms with Gasteiger partial charge < -0.3 is 18.9 Å². The predicted octanol–water partition coefficient (Wildman–Crippen LogP) is 17.0. The molecule has 0 amide bonds. The van der Waals surface area contributed by atoms with Crippen LogP contribution in [0.2, 0.25) is 10.0 Å². The second kappa shape index (κ2) is 27.0. The number of benzene rings is 7. The first-order chi connectivity index (χ1) is 35.1. The molecule has 72 heavy (non-hydrogen) atoms. The molecule has 0 bridgehead atoms. The second-order valence-corrected chi connectivity index (χ2v) is 18.7. The van der Waals surface area contributed by atoms with Crippen molar-refractivity contribution in [1.82, 2.24) is 0 Å². The molecule has 7 aromatic carbocycles. The standard InChI is InChI=1S/C62H60Cl2O8/c1-3-5-7-9-11-13-16-43-20-24-45(25-21-43)47-28-32-49(33-29-47)59(65)71-57-38-36-51(40-55(57)63)61(67)69-53-18-15-19-54(42-53)70-62(68)52-37-39-58(56(64)41-52)72-60(66)50-34-30-48(31-35-50)46-26-22-44(23-27-46)17-14-12-10-8-6-4-2/h15,18-42H,3-14,16-17H2,1-2H3. The van der Waals surface area contributed by atoms with E-state index in [9.17, 15) is 19.2 Å². The van der Waals surface area contributed by atoms with Gasteiger partial charge in [-0.05, 0) is 132 Å². The molecule has 0 radical (unpaired) electrons. The molecule has 0 heterocycles. The van der Waals surface area contributed by atoms with E-state index in [1.165, 1.54) is 143 Å². The highest BCUT2D eigenvalue weighted by atomic mass is 35.5. The number of unbranched alkanes of at least 4 members (excludes halogenated alkanes) is 10. The quantitative estimate of drug-likeness (QED) is 0.0335. The summed E-state index contributed by atoms with van der Waals surface area (Å²) in [5.74, 6) is -2.37. The molecule has 7 aromatic rings. The van der Waals surface area contributed by atoms with Gasteiger partial charge >= 0.3 is 23.9 Å². The van der Waals surface area contributed by atoms with Crippen molar-refractivity contribution >= 4 is 47.1 Å². The summed E-state index contributed by atoms with van der Waals surface area (Å²) < 4.78 is 22.3. The molecule has 8 nitrogen and oxygen atoms in total. The number of halogens is 2. The minimum Gasteiger partial charge on any atom is -0.423 e. The smallest absolute Gasteiger partial charge is 0.343 e. The number of aryl methyl sites for hydroxylation is 2. The van der Waals surface area contributed by atoms with Crippen molar-refractivity contribution < 1.29 is 38.1 Å². The third-order valence-corrected chi connectivity index (χ3v) is 13.0. The average molecular weight is 1000 g/mol. The Bertz CT molecular complexity index is 2710. The molecule has 0 N–H and O–H groups in total. The summed E-state index contributed by atoms with van der Waals surface area (Å²) in [7, 11) is 0. The molecular formula is C62H60Cl2O8. The molecule has 0 aromatic heterocycles. The topological polar surface area (TPSA) is 105 Å². The van der Waals surface area contributed by atoms with Crippen LogP contribution in [0.25, 0.3) is 22.3 Å². The highest BCUT2D eigenvalue weighted by Gasteiger charge is 2.19. The normalized spacial score (nSPS) is 10.9. The largest absolute Gasteiger partial charge is 0.423 e. The molecule has 370 valence electrons. The molecule has 0 spiro atoms. The molecular weight excluding hydrogens is 944 g/mol. The van der Waals surface area contributed by atoms with Crippen LogP contribution in [0.3, 0.4) is 0 Å². The minimum atomic E-state index is -0.749. The Kier molecular flexibility index (Phi) is 19.8. The Morgan fingerprint density at radius 2 is 0.667 bits per heavy atom. The maximum atomic E-state index is 13.2. The van der Waals surface area contributed by atoms with Gasteiger partial charge in [0.15, 0.2) is 0 Å². The number of carbonyl (C=O) groups is 4. The van der Waals surface area contributed by atoms with Gasteiger partial charge in [0.25, 0.3) is 0 Å². The van der Waals surface area contributed by atoms with Gasteiger partial charge in [-0.1, -0.05) is 180 Å². The van der Waals surface area contributed by atoms with Gasteiger partial charge in [-0.25, -0.2) is 19.2 Å². The zero-order chi connectivity index (χ0) is 50.7. The van der Waals surface area contributed by atoms with E-state index in [-0.39, 0.29) is 44.2 Å². The SMILES string of the molecule is CCCCCCCCc1ccc(-c2ccc(C(=O)Oc3ccc(C(=O)Oc4cccc(OC(=O)c5ccc(OC(=O)c6ccc(-c7ccc(CCCCCCCC)cc7)cc6)c(Cl)c5)c4)cc3Cl)cc2)cc1. The Hall–Kier alpha value is -7.00. The van der Waals surface area contributed by atoms with E-state index < -0.39 is 23.9 Å². The lowest BCUT2D eigenvalue weighted by molar-refractivity contribution is 0.0723. The van der Waals surface area contributed by atoms with Crippen LogP contribution in [0, 0.1) is 0 Å². The van der Waals surface area contributed by atoms with Crippen LogP contribution in [0.15, 0.2) is 158 Å². The second-order valence-electron chi connectivity index (χ2n) is 17.9. The van der Waals surface area contributed by atoms with Crippen molar-refractivity contribution in [3.63, 3.8) is 0 Å². The highest BCUT2D eigenvalue weighted by molar-refractivity contribution is 6.33. The van der Waals surface area contributed by atoms with Gasteiger partial charge in [0.05, 0.1) is 32.3 Å². The van der Waals surface area contributed by atoms with Crippen molar-refractivity contribution in [3.05, 3.63) is 201 Å². The van der Waals surface area contributed by atoms with E-state index in [2.05, 4.69) is 62.4 Å². The van der Waals surface area contributed by atoms with Crippen molar-refractivity contribution in [1.29, 1.82) is 0 Å². The minimum absolute atomic E-state index is 0.0296. The van der Waals surface area contributed by atoms with E-state index >= 15 is 0 Å². The predicted molar refractivity (Wildman–Crippen MR) is 287 cm³/mol. The van der Waals surface area contributed by atoms with E-state index in [4.69, 9.17) is 42.1 Å². The van der Waals surface area contributed by atoms with Crippen LogP contribution in [0.4, 0.5) is 0 Å². The van der Waals surface area contributed by atoms with E-state index in [0.717, 1.165) is 35.1 Å². The van der Waals surface area contributed by atoms with E-state index in [1.807, 2.05) is 24.3 Å². The van der Waals surface area contributed by atoms with Gasteiger partial charge in [-0.15, -0.1) is 0 Å². The summed E-state index contributed by atoms with van der Waals surface area (Å²) in [5, 5.41) is 0.0592. The highest BCUT2D eigenvalue weighted by Crippen LogP contribution is 2.31. The summed E-state index contributed by atoms with van der Waals surface area (Å²) in [4.78, 5) is 52.5. The number of hydrogen-bond donors (Lipinski definition) is 0. The van der Waals surface area contributed by atoms with E-state index in [0.29, 0.717) is 11.1 Å². The first-order valence-electron chi connectivity index (χ1n) is 25.0. The van der Waals surface area contributed by atoms with Crippen molar-refractivity contribution in [2.24, 2.45) is 0 Å². The van der Waals surface area contributed by atoms with E-state index in [1.54, 1.807) is 30.3 Å². The van der Waals surface area contributed by atoms with Gasteiger partial charge in [0.1, 0.15) is 23.0 Å². The molecule has 0 aliphatic rings. The molecule has 0 atom stereocenters. The van der Waals surface area contributed by atoms with Crippen LogP contribution in [-0.2, 0) is 12.8 Å². The van der Waals surface area contributed by atoms with Gasteiger partial charge in [-0.3, -0.25) is 0 Å². The van der Waals surface area contributed by atoms with Crippen LogP contribution in [0.1, 0.15) is 143 Å². The van der Waals surface area contributed by atoms with Gasteiger partial charge in [0.2, 0.25) is 0 Å². The van der Waals surface area contributed by atoms with Crippen LogP contribution in [0.5, 0.6) is 23.0 Å². The van der Waals surface area contributed by atoms with Gasteiger partial charge in [0, 0.05) is 6.07 Å². The zero-order valence-electron chi connectivity index (χ0n) is 40.9. The average Bonchev–Trinajstić information content (AvgIpc) is 3.40. The number of carbonyl (C=O) groups excluding carboxylic acids is 4.